The molecule has 0 fully saturated rings. The van der Waals surface area contributed by atoms with Gasteiger partial charge in [0.05, 0.1) is 7.11 Å². The quantitative estimate of drug-likeness (QED) is 0.831. The Bertz CT molecular complexity index is 416. The molecule has 0 aliphatic heterocycles. The van der Waals surface area contributed by atoms with E-state index in [-0.39, 0.29) is 11.9 Å². The molecule has 0 saturated heterocycles. The molecule has 0 radical (unpaired) electrons. The van der Waals surface area contributed by atoms with Gasteiger partial charge in [0, 0.05) is 19.5 Å². The van der Waals surface area contributed by atoms with Crippen LogP contribution in [0.25, 0.3) is 0 Å². The van der Waals surface area contributed by atoms with Crippen LogP contribution in [0.4, 0.5) is 0 Å². The maximum atomic E-state index is 11.3. The summed E-state index contributed by atoms with van der Waals surface area (Å²) in [5, 5.41) is 2.58. The van der Waals surface area contributed by atoms with Crippen molar-refractivity contribution < 1.29 is 9.53 Å². The van der Waals surface area contributed by atoms with Crippen molar-refractivity contribution in [1.29, 1.82) is 0 Å². The lowest BCUT2D eigenvalue weighted by Gasteiger charge is -2.17. The van der Waals surface area contributed by atoms with E-state index in [0.717, 1.165) is 22.4 Å². The summed E-state index contributed by atoms with van der Waals surface area (Å²) in [6.07, 6.45) is 0.295. The second-order valence-corrected chi connectivity index (χ2v) is 4.09. The second kappa shape index (κ2) is 5.68. The van der Waals surface area contributed by atoms with Gasteiger partial charge in [0.2, 0.25) is 5.91 Å². The zero-order valence-electron chi connectivity index (χ0n) is 10.8. The van der Waals surface area contributed by atoms with Crippen LogP contribution >= 0.6 is 0 Å². The number of nitrogens with one attached hydrogen (secondary N) is 1. The third kappa shape index (κ3) is 2.97. The molecular weight excluding hydrogens is 216 g/mol. The van der Waals surface area contributed by atoms with Gasteiger partial charge in [-0.05, 0) is 36.6 Å². The first kappa shape index (κ1) is 13.5. The van der Waals surface area contributed by atoms with Gasteiger partial charge in [0.15, 0.2) is 0 Å². The average Bonchev–Trinajstić information content (AvgIpc) is 2.32. The maximum absolute atomic E-state index is 11.3. The predicted octanol–water partition coefficient (Wildman–Crippen LogP) is 1.45. The molecule has 0 spiro atoms. The van der Waals surface area contributed by atoms with Gasteiger partial charge in [-0.2, -0.15) is 0 Å². The topological polar surface area (TPSA) is 64.4 Å². The summed E-state index contributed by atoms with van der Waals surface area (Å²) in [4.78, 5) is 11.3. The lowest BCUT2D eigenvalue weighted by atomic mass is 9.95. The Balaban J connectivity index is 2.99. The molecule has 0 aliphatic carbocycles. The van der Waals surface area contributed by atoms with Crippen LogP contribution in [-0.4, -0.2) is 20.1 Å². The van der Waals surface area contributed by atoms with Crippen LogP contribution in [0.1, 0.15) is 29.2 Å². The van der Waals surface area contributed by atoms with Gasteiger partial charge in [-0.1, -0.05) is 6.07 Å². The fourth-order valence-electron chi connectivity index (χ4n) is 1.85. The Labute approximate surface area is 102 Å². The molecule has 1 aromatic carbocycles. The van der Waals surface area contributed by atoms with Crippen molar-refractivity contribution in [3.8, 4) is 5.75 Å². The summed E-state index contributed by atoms with van der Waals surface area (Å²) in [7, 11) is 3.26. The van der Waals surface area contributed by atoms with Crippen molar-refractivity contribution in [3.63, 3.8) is 0 Å². The molecule has 4 nitrogen and oxygen atoms in total. The van der Waals surface area contributed by atoms with Crippen molar-refractivity contribution in [1.82, 2.24) is 5.32 Å². The summed E-state index contributed by atoms with van der Waals surface area (Å²) in [6.45, 7) is 3.99. The lowest BCUT2D eigenvalue weighted by molar-refractivity contribution is -0.120. The average molecular weight is 236 g/mol. The fraction of sp³-hybridized carbons (Fsp3) is 0.462. The molecule has 0 saturated carbocycles. The molecule has 1 rings (SSSR count). The number of rotatable bonds is 4. The van der Waals surface area contributed by atoms with E-state index in [9.17, 15) is 4.79 Å². The molecule has 0 aromatic heterocycles. The molecular formula is C13H20N2O2. The summed E-state index contributed by atoms with van der Waals surface area (Å²) >= 11 is 0. The van der Waals surface area contributed by atoms with E-state index in [1.165, 1.54) is 0 Å². The number of carbonyl (C=O) groups is 1. The third-order valence-electron chi connectivity index (χ3n) is 3.08. The number of carbonyl (C=O) groups excluding carboxylic acids is 1. The Hall–Kier alpha value is -1.55. The van der Waals surface area contributed by atoms with E-state index in [0.29, 0.717) is 6.42 Å². The van der Waals surface area contributed by atoms with Gasteiger partial charge in [0.25, 0.3) is 0 Å². The Morgan fingerprint density at radius 2 is 2.06 bits per heavy atom. The SMILES string of the molecule is CNC(=O)CC(N)c1ccc(OC)c(C)c1C. The van der Waals surface area contributed by atoms with Crippen LogP contribution in [0.15, 0.2) is 12.1 Å². The van der Waals surface area contributed by atoms with E-state index < -0.39 is 0 Å². The molecule has 94 valence electrons. The number of ether oxygens (including phenoxy) is 1. The lowest BCUT2D eigenvalue weighted by Crippen LogP contribution is -2.24. The number of nitrogens with two attached hydrogens (primary N) is 1. The molecule has 0 heterocycles. The first-order valence-electron chi connectivity index (χ1n) is 5.61. The van der Waals surface area contributed by atoms with Gasteiger partial charge in [0.1, 0.15) is 5.75 Å². The van der Waals surface area contributed by atoms with E-state index in [1.54, 1.807) is 14.2 Å². The largest absolute Gasteiger partial charge is 0.496 e. The number of amides is 1. The van der Waals surface area contributed by atoms with E-state index in [1.807, 2.05) is 26.0 Å². The minimum Gasteiger partial charge on any atom is -0.496 e. The standard InChI is InChI=1S/C13H20N2O2/c1-8-9(2)12(17-4)6-5-10(8)11(14)7-13(16)15-3/h5-6,11H,7,14H2,1-4H3,(H,15,16). The highest BCUT2D eigenvalue weighted by atomic mass is 16.5. The van der Waals surface area contributed by atoms with Crippen molar-refractivity contribution in [2.24, 2.45) is 5.73 Å². The number of hydrogen-bond acceptors (Lipinski definition) is 3. The smallest absolute Gasteiger partial charge is 0.221 e. The molecule has 1 atom stereocenters. The molecule has 1 unspecified atom stereocenters. The van der Waals surface area contributed by atoms with Crippen LogP contribution in [0.5, 0.6) is 5.75 Å². The molecule has 17 heavy (non-hydrogen) atoms. The Morgan fingerprint density at radius 1 is 1.41 bits per heavy atom. The Kier molecular flexibility index (Phi) is 4.52. The van der Waals surface area contributed by atoms with E-state index in [2.05, 4.69) is 5.32 Å². The van der Waals surface area contributed by atoms with Gasteiger partial charge in [-0.25, -0.2) is 0 Å². The highest BCUT2D eigenvalue weighted by molar-refractivity contribution is 5.76. The predicted molar refractivity (Wildman–Crippen MR) is 68.1 cm³/mol. The van der Waals surface area contributed by atoms with Crippen molar-refractivity contribution in [2.45, 2.75) is 26.3 Å². The summed E-state index contributed by atoms with van der Waals surface area (Å²) in [5.74, 6) is 0.795. The van der Waals surface area contributed by atoms with Crippen LogP contribution < -0.4 is 15.8 Å². The number of hydrogen-bond donors (Lipinski definition) is 2. The molecule has 0 aliphatic rings. The summed E-state index contributed by atoms with van der Waals surface area (Å²) < 4.78 is 5.24. The van der Waals surface area contributed by atoms with Gasteiger partial charge in [-0.3, -0.25) is 4.79 Å². The van der Waals surface area contributed by atoms with Gasteiger partial charge in [-0.15, -0.1) is 0 Å². The highest BCUT2D eigenvalue weighted by Gasteiger charge is 2.15. The van der Waals surface area contributed by atoms with Gasteiger partial charge < -0.3 is 15.8 Å². The summed E-state index contributed by atoms with van der Waals surface area (Å²) in [6, 6.07) is 3.54. The van der Waals surface area contributed by atoms with Gasteiger partial charge >= 0.3 is 0 Å². The maximum Gasteiger partial charge on any atom is 0.221 e. The highest BCUT2D eigenvalue weighted by Crippen LogP contribution is 2.27. The summed E-state index contributed by atoms with van der Waals surface area (Å²) in [5.41, 5.74) is 9.17. The monoisotopic (exact) mass is 236 g/mol. The molecule has 4 heteroatoms. The van der Waals surface area contributed by atoms with Crippen LogP contribution in [0, 0.1) is 13.8 Å². The minimum atomic E-state index is -0.278. The van der Waals surface area contributed by atoms with E-state index in [4.69, 9.17) is 10.5 Å². The normalized spacial score (nSPS) is 12.1. The van der Waals surface area contributed by atoms with Crippen LogP contribution in [0.3, 0.4) is 0 Å². The number of methoxy groups -OCH3 is 1. The zero-order valence-corrected chi connectivity index (χ0v) is 10.8. The molecule has 1 aromatic rings. The number of benzene rings is 1. The van der Waals surface area contributed by atoms with Crippen LogP contribution in [0.2, 0.25) is 0 Å². The molecule has 3 N–H and O–H groups in total. The minimum absolute atomic E-state index is 0.0506. The first-order chi connectivity index (χ1) is 8.01. The molecule has 0 bridgehead atoms. The fourth-order valence-corrected chi connectivity index (χ4v) is 1.85. The van der Waals surface area contributed by atoms with Crippen molar-refractivity contribution in [2.75, 3.05) is 14.2 Å². The van der Waals surface area contributed by atoms with Crippen molar-refractivity contribution in [3.05, 3.63) is 28.8 Å². The second-order valence-electron chi connectivity index (χ2n) is 4.09. The molecule has 1 amide bonds. The van der Waals surface area contributed by atoms with E-state index >= 15 is 0 Å². The Morgan fingerprint density at radius 3 is 2.59 bits per heavy atom. The third-order valence-corrected chi connectivity index (χ3v) is 3.08. The van der Waals surface area contributed by atoms with Crippen LogP contribution in [-0.2, 0) is 4.79 Å². The first-order valence-corrected chi connectivity index (χ1v) is 5.61. The van der Waals surface area contributed by atoms with Crippen molar-refractivity contribution >= 4 is 5.91 Å². The zero-order chi connectivity index (χ0) is 13.0.